The fraction of sp³-hybridized carbons (Fsp3) is 0.291. The number of amidine groups is 1. The van der Waals surface area contributed by atoms with Crippen molar-refractivity contribution in [3.63, 3.8) is 0 Å². The van der Waals surface area contributed by atoms with Crippen LogP contribution in [0.2, 0.25) is 0 Å². The molecular weight excluding hydrogens is 1060 g/mol. The predicted molar refractivity (Wildman–Crippen MR) is 295 cm³/mol. The van der Waals surface area contributed by atoms with Gasteiger partial charge in [-0.15, -0.1) is 0 Å². The number of aliphatic carboxylic acids is 5. The average Bonchev–Trinajstić information content (AvgIpc) is 4.23. The molecule has 5 aromatic rings. The number of aliphatic imine (C=N–C) groups is 2. The monoisotopic (exact) mass is 1120 g/mol. The first-order chi connectivity index (χ1) is 38.8. The first-order valence-electron chi connectivity index (χ1n) is 25.3. The molecular formula is C55H60BF2N9O14. The number of carbonyl (C=O) groups is 7. The van der Waals surface area contributed by atoms with Gasteiger partial charge in [-0.25, -0.2) is 9.98 Å². The van der Waals surface area contributed by atoms with E-state index in [1.165, 1.54) is 21.8 Å². The number of carboxylic acids is 5. The van der Waals surface area contributed by atoms with E-state index < -0.39 is 94.9 Å². The van der Waals surface area contributed by atoms with E-state index >= 15 is 8.63 Å². The number of hydrogen-bond donors (Lipinski definition) is 7. The summed E-state index contributed by atoms with van der Waals surface area (Å²) in [6, 6.07) is 33.6. The maximum atomic E-state index is 15.3. The molecule has 0 radical (unpaired) electrons. The topological polar surface area (TPSA) is 306 Å². The zero-order valence-corrected chi connectivity index (χ0v) is 44.0. The number of hydrogen-bond acceptors (Lipinski definition) is 14. The Balaban J connectivity index is 1.05. The molecule has 0 atom stereocenters. The summed E-state index contributed by atoms with van der Waals surface area (Å²) in [5.74, 6) is -6.39. The van der Waals surface area contributed by atoms with Crippen molar-refractivity contribution in [3.8, 4) is 33.9 Å². The number of benzene rings is 4. The molecule has 1 aliphatic heterocycles. The van der Waals surface area contributed by atoms with Crippen LogP contribution in [0.3, 0.4) is 0 Å². The predicted octanol–water partition coefficient (Wildman–Crippen LogP) is 3.46. The minimum atomic E-state index is -2.98. The standard InChI is InChI=1S/C55H60BF2N9O14/c1-80-41-16-12-38(13-17-41)44-29-46(40-10-6-3-7-11-40)67(56(57)58)55(44)62-54-43(28-45(61-54)39-8-4-2-5-9-39)37-14-18-42(19-15-37)81-36-48(69)60-21-20-59-47(68)30-65(33-51(74)75)26-24-63(31-49(70)71)22-23-64(32-50(72)73)25-27-66(34-52(76)77)35-53(78)79/h2-19,28-29H,20-27,30-36H2,1H3,(H,59,68)(H,60,69)(H,70,71)(H,72,73)(H,74,75)(H,76,77)(H,78,79)/b62-54-. The number of nitrogens with zero attached hydrogens (tertiary/aromatic N) is 7. The normalized spacial score (nSPS) is 12.6. The highest BCUT2D eigenvalue weighted by Gasteiger charge is 2.30. The van der Waals surface area contributed by atoms with Gasteiger partial charge in [-0.3, -0.25) is 61.8 Å². The number of allylic oxidation sites excluding steroid dienone is 1. The lowest BCUT2D eigenvalue weighted by Gasteiger charge is -2.29. The average molecular weight is 1120 g/mol. The molecule has 81 heavy (non-hydrogen) atoms. The lowest BCUT2D eigenvalue weighted by Crippen LogP contribution is -2.47. The molecule has 0 saturated carbocycles. The third-order valence-corrected chi connectivity index (χ3v) is 12.4. The number of methoxy groups -OCH3 is 1. The van der Waals surface area contributed by atoms with E-state index in [-0.39, 0.29) is 69.7 Å². The quantitative estimate of drug-likeness (QED) is 0.0229. The van der Waals surface area contributed by atoms with Gasteiger partial charge in [0.25, 0.3) is 5.91 Å². The summed E-state index contributed by atoms with van der Waals surface area (Å²) in [7, 11) is -1.45. The van der Waals surface area contributed by atoms with Crippen molar-refractivity contribution in [2.45, 2.75) is 0 Å². The van der Waals surface area contributed by atoms with Crippen molar-refractivity contribution in [2.75, 3.05) is 105 Å². The summed E-state index contributed by atoms with van der Waals surface area (Å²) >= 11 is 0. The first-order valence-corrected chi connectivity index (χ1v) is 25.3. The number of carboxylic acid groups (broad SMARTS) is 5. The van der Waals surface area contributed by atoms with Crippen LogP contribution in [0, 0.1) is 0 Å². The Morgan fingerprint density at radius 3 is 1.49 bits per heavy atom. The molecule has 0 bridgehead atoms. The van der Waals surface area contributed by atoms with Crippen molar-refractivity contribution in [3.05, 3.63) is 132 Å². The summed E-state index contributed by atoms with van der Waals surface area (Å²) in [4.78, 5) is 98.1. The van der Waals surface area contributed by atoms with Gasteiger partial charge >= 0.3 is 37.2 Å². The van der Waals surface area contributed by atoms with Gasteiger partial charge < -0.3 is 50.1 Å². The van der Waals surface area contributed by atoms with Crippen LogP contribution in [-0.2, 0) is 33.6 Å². The van der Waals surface area contributed by atoms with Crippen LogP contribution in [0.1, 0.15) is 11.1 Å². The highest BCUT2D eigenvalue weighted by Crippen LogP contribution is 2.41. The summed E-state index contributed by atoms with van der Waals surface area (Å²) in [6.45, 7) is -4.18. The number of nitrogens with one attached hydrogen (secondary N) is 2. The van der Waals surface area contributed by atoms with Gasteiger partial charge in [-0.1, -0.05) is 84.9 Å². The van der Waals surface area contributed by atoms with E-state index in [1.807, 2.05) is 36.4 Å². The van der Waals surface area contributed by atoms with E-state index in [0.717, 1.165) is 14.9 Å². The number of carbonyl (C=O) groups excluding carboxylic acids is 2. The molecule has 26 heteroatoms. The van der Waals surface area contributed by atoms with E-state index in [2.05, 4.69) is 10.6 Å². The van der Waals surface area contributed by atoms with E-state index in [1.54, 1.807) is 84.9 Å². The van der Waals surface area contributed by atoms with Gasteiger partial charge in [0.1, 0.15) is 17.3 Å². The highest BCUT2D eigenvalue weighted by molar-refractivity contribution is 6.43. The molecule has 0 fully saturated rings. The first kappa shape index (κ1) is 61.1. The van der Waals surface area contributed by atoms with Crippen LogP contribution in [0.4, 0.5) is 14.4 Å². The lowest BCUT2D eigenvalue weighted by atomic mass is 10.0. The summed E-state index contributed by atoms with van der Waals surface area (Å²) in [5.41, 5.74) is 4.35. The van der Waals surface area contributed by atoms with Crippen molar-refractivity contribution in [2.24, 2.45) is 9.98 Å². The number of aromatic nitrogens is 1. The smallest absolute Gasteiger partial charge is 0.497 e. The molecule has 6 rings (SSSR count). The maximum absolute atomic E-state index is 15.3. The second-order valence-electron chi connectivity index (χ2n) is 18.3. The van der Waals surface area contributed by atoms with Crippen LogP contribution in [0.25, 0.3) is 28.0 Å². The molecule has 23 nitrogen and oxygen atoms in total. The second kappa shape index (κ2) is 30.3. The zero-order valence-electron chi connectivity index (χ0n) is 44.0. The van der Waals surface area contributed by atoms with Crippen LogP contribution < -0.4 is 20.1 Å². The zero-order chi connectivity index (χ0) is 58.4. The van der Waals surface area contributed by atoms with Crippen molar-refractivity contribution in [1.29, 1.82) is 0 Å². The maximum Gasteiger partial charge on any atom is 0.679 e. The third kappa shape index (κ3) is 19.3. The fourth-order valence-corrected chi connectivity index (χ4v) is 8.57. The molecule has 7 N–H and O–H groups in total. The minimum Gasteiger partial charge on any atom is -0.497 e. The Hall–Kier alpha value is -9.11. The molecule has 426 valence electrons. The summed E-state index contributed by atoms with van der Waals surface area (Å²) < 4.78 is 42.6. The van der Waals surface area contributed by atoms with E-state index in [9.17, 15) is 48.9 Å². The molecule has 2 amide bonds. The van der Waals surface area contributed by atoms with E-state index in [4.69, 9.17) is 29.7 Å². The lowest BCUT2D eigenvalue weighted by molar-refractivity contribution is -0.143. The van der Waals surface area contributed by atoms with Gasteiger partial charge in [0, 0.05) is 74.8 Å². The summed E-state index contributed by atoms with van der Waals surface area (Å²) in [5, 5.41) is 52.0. The third-order valence-electron chi connectivity index (χ3n) is 12.4. The molecule has 2 heterocycles. The molecule has 0 saturated heterocycles. The molecule has 1 aromatic heterocycles. The number of halogens is 2. The van der Waals surface area contributed by atoms with Gasteiger partial charge in [0.2, 0.25) is 5.91 Å². The van der Waals surface area contributed by atoms with Crippen molar-refractivity contribution in [1.82, 2.24) is 34.7 Å². The Bertz CT molecular complexity index is 3080. The van der Waals surface area contributed by atoms with E-state index in [0.29, 0.717) is 45.0 Å². The van der Waals surface area contributed by atoms with Crippen molar-refractivity contribution >= 4 is 72.0 Å². The Labute approximate surface area is 464 Å². The number of ether oxygens (including phenoxy) is 2. The molecule has 0 aliphatic carbocycles. The number of amides is 2. The SMILES string of the molecule is COc1ccc(-c2cc(-c3ccccc3)n(B(F)F)c2/N=C2\N=C(c3ccccc3)C=C2c2ccc(OCC(=O)NCCNC(=O)CN(CCN(CCN(CCN(CC(=O)O)CC(=O)O)CC(=O)O)CC(=O)O)CC(=O)O)cc2)cc1. The minimum absolute atomic E-state index is 0.0178. The largest absolute Gasteiger partial charge is 0.679 e. The number of rotatable bonds is 34. The van der Waals surface area contributed by atoms with Gasteiger partial charge in [-0.2, -0.15) is 0 Å². The van der Waals surface area contributed by atoms with Crippen LogP contribution in [0.15, 0.2) is 131 Å². The fourth-order valence-electron chi connectivity index (χ4n) is 8.57. The Morgan fingerprint density at radius 2 is 1.00 bits per heavy atom. The van der Waals surface area contributed by atoms with Crippen LogP contribution >= 0.6 is 0 Å². The molecule has 0 unspecified atom stereocenters. The molecule has 1 aliphatic rings. The van der Waals surface area contributed by atoms with Gasteiger partial charge in [-0.05, 0) is 53.1 Å². The second-order valence-corrected chi connectivity index (χ2v) is 18.3. The van der Waals surface area contributed by atoms with Crippen molar-refractivity contribution < 1.29 is 77.2 Å². The summed E-state index contributed by atoms with van der Waals surface area (Å²) in [6.07, 6.45) is 1.82. The Kier molecular flexibility index (Phi) is 22.9. The van der Waals surface area contributed by atoms with Crippen LogP contribution in [0.5, 0.6) is 11.5 Å². The molecule has 0 spiro atoms. The van der Waals surface area contributed by atoms with Gasteiger partial charge in [0.05, 0.1) is 52.1 Å². The highest BCUT2D eigenvalue weighted by atomic mass is 19.2. The van der Waals surface area contributed by atoms with Crippen LogP contribution in [-0.4, -0.2) is 216 Å². The Morgan fingerprint density at radius 1 is 0.556 bits per heavy atom. The molecule has 4 aromatic carbocycles. The van der Waals surface area contributed by atoms with Gasteiger partial charge in [0.15, 0.2) is 12.4 Å².